The molecule has 0 fully saturated rings. The molecule has 2 nitrogen and oxygen atoms in total. The van der Waals surface area contributed by atoms with Crippen molar-refractivity contribution in [3.63, 3.8) is 0 Å². The Morgan fingerprint density at radius 2 is 1.61 bits per heavy atom. The van der Waals surface area contributed by atoms with Crippen LogP contribution in [0, 0.1) is 23.5 Å². The molecule has 0 saturated carbocycles. The molecule has 94 valence electrons. The molecule has 0 aromatic carbocycles. The second-order valence-electron chi connectivity index (χ2n) is 3.07. The second kappa shape index (κ2) is 5.23. The lowest BCUT2D eigenvalue weighted by Crippen LogP contribution is -2.02. The van der Waals surface area contributed by atoms with Gasteiger partial charge in [0.05, 0.1) is 4.90 Å². The molecule has 0 unspecified atom stereocenters. The molecule has 2 aromatic rings. The van der Waals surface area contributed by atoms with Gasteiger partial charge < -0.3 is 0 Å². The molecule has 0 aliphatic heterocycles. The summed E-state index contributed by atoms with van der Waals surface area (Å²) in [6.07, 6.45) is 1.39. The van der Waals surface area contributed by atoms with Gasteiger partial charge in [-0.2, -0.15) is 13.8 Å². The average molecular weight is 339 g/mol. The Kier molecular flexibility index (Phi) is 3.86. The van der Waals surface area contributed by atoms with Gasteiger partial charge in [-0.1, -0.05) is 11.8 Å². The lowest BCUT2D eigenvalue weighted by Gasteiger charge is -2.05. The summed E-state index contributed by atoms with van der Waals surface area (Å²) in [5.41, 5.74) is 0. The van der Waals surface area contributed by atoms with E-state index in [4.69, 9.17) is 0 Å². The Hall–Kier alpha value is -1.15. The number of aromatic nitrogens is 2. The highest BCUT2D eigenvalue weighted by atomic mass is 79.9. The maximum atomic E-state index is 13.3. The molecular formula is C10H3BrF4N2S. The fraction of sp³-hybridized carbons (Fsp3) is 0. The molecule has 0 aliphatic carbocycles. The Labute approximate surface area is 112 Å². The van der Waals surface area contributed by atoms with Crippen molar-refractivity contribution in [2.75, 3.05) is 0 Å². The summed E-state index contributed by atoms with van der Waals surface area (Å²) in [6, 6.07) is 3.03. The number of rotatable bonds is 2. The van der Waals surface area contributed by atoms with Crippen molar-refractivity contribution in [2.45, 2.75) is 9.92 Å². The van der Waals surface area contributed by atoms with Crippen LogP contribution in [-0.4, -0.2) is 9.97 Å². The van der Waals surface area contributed by atoms with Crippen LogP contribution in [0.15, 0.2) is 32.7 Å². The van der Waals surface area contributed by atoms with E-state index in [1.807, 2.05) is 0 Å². The predicted octanol–water partition coefficient (Wildman–Crippen LogP) is 3.95. The van der Waals surface area contributed by atoms with Gasteiger partial charge in [-0.25, -0.2) is 13.8 Å². The summed E-state index contributed by atoms with van der Waals surface area (Å²) >= 11 is 3.61. The third-order valence-electron chi connectivity index (χ3n) is 1.86. The van der Waals surface area contributed by atoms with Gasteiger partial charge in [-0.15, -0.1) is 0 Å². The number of pyridine rings is 2. The normalized spacial score (nSPS) is 10.7. The maximum absolute atomic E-state index is 13.3. The third-order valence-corrected chi connectivity index (χ3v) is 3.35. The predicted molar refractivity (Wildman–Crippen MR) is 60.1 cm³/mol. The van der Waals surface area contributed by atoms with E-state index in [-0.39, 0.29) is 5.03 Å². The van der Waals surface area contributed by atoms with Gasteiger partial charge in [-0.3, -0.25) is 0 Å². The minimum Gasteiger partial charge on any atom is -0.248 e. The van der Waals surface area contributed by atoms with E-state index in [0.29, 0.717) is 16.2 Å². The highest BCUT2D eigenvalue weighted by Gasteiger charge is 2.21. The Bertz CT molecular complexity index is 565. The number of nitrogens with zero attached hydrogens (tertiary/aromatic N) is 2. The lowest BCUT2D eigenvalue weighted by molar-refractivity contribution is 0.383. The molecule has 0 amide bonds. The molecule has 18 heavy (non-hydrogen) atoms. The quantitative estimate of drug-likeness (QED) is 0.612. The number of hydrogen-bond donors (Lipinski definition) is 0. The van der Waals surface area contributed by atoms with Gasteiger partial charge in [0, 0.05) is 10.7 Å². The molecule has 0 atom stereocenters. The van der Waals surface area contributed by atoms with Gasteiger partial charge in [-0.05, 0) is 28.1 Å². The highest BCUT2D eigenvalue weighted by Crippen LogP contribution is 2.32. The molecule has 2 heterocycles. The Morgan fingerprint density at radius 3 is 2.11 bits per heavy atom. The monoisotopic (exact) mass is 338 g/mol. The van der Waals surface area contributed by atoms with Crippen molar-refractivity contribution in [3.8, 4) is 0 Å². The molecular weight excluding hydrogens is 336 g/mol. The molecule has 2 rings (SSSR count). The molecule has 2 aromatic heterocycles. The molecule has 0 saturated heterocycles. The zero-order chi connectivity index (χ0) is 13.3. The molecule has 0 aliphatic rings. The standard InChI is InChI=1S/C10H3BrF4N2S/c11-4-1-2-5(16-3-4)18-8-6(12)9(14)17-10(15)7(8)13/h1-3H. The number of halogens is 5. The van der Waals surface area contributed by atoms with E-state index in [1.54, 1.807) is 6.07 Å². The summed E-state index contributed by atoms with van der Waals surface area (Å²) in [7, 11) is 0. The van der Waals surface area contributed by atoms with E-state index < -0.39 is 28.4 Å². The zero-order valence-electron chi connectivity index (χ0n) is 8.42. The molecule has 0 N–H and O–H groups in total. The minimum atomic E-state index is -1.69. The molecule has 0 spiro atoms. The van der Waals surface area contributed by atoms with Gasteiger partial charge in [0.15, 0.2) is 11.6 Å². The van der Waals surface area contributed by atoms with Crippen molar-refractivity contribution >= 4 is 27.7 Å². The fourth-order valence-corrected chi connectivity index (χ4v) is 2.12. The van der Waals surface area contributed by atoms with Crippen LogP contribution in [0.3, 0.4) is 0 Å². The summed E-state index contributed by atoms with van der Waals surface area (Å²) in [4.78, 5) is 5.49. The van der Waals surface area contributed by atoms with Crippen LogP contribution in [0.1, 0.15) is 0 Å². The van der Waals surface area contributed by atoms with Crippen LogP contribution >= 0.6 is 27.7 Å². The van der Waals surface area contributed by atoms with E-state index in [1.165, 1.54) is 12.3 Å². The average Bonchev–Trinajstić information content (AvgIpc) is 2.34. The van der Waals surface area contributed by atoms with Crippen LogP contribution in [0.25, 0.3) is 0 Å². The first-order chi connectivity index (χ1) is 8.49. The first-order valence-electron chi connectivity index (χ1n) is 4.48. The van der Waals surface area contributed by atoms with E-state index in [9.17, 15) is 17.6 Å². The van der Waals surface area contributed by atoms with Crippen LogP contribution in [0.2, 0.25) is 0 Å². The van der Waals surface area contributed by atoms with Crippen LogP contribution in [-0.2, 0) is 0 Å². The van der Waals surface area contributed by atoms with E-state index in [2.05, 4.69) is 25.9 Å². The van der Waals surface area contributed by atoms with Crippen molar-refractivity contribution in [2.24, 2.45) is 0 Å². The van der Waals surface area contributed by atoms with Gasteiger partial charge in [0.1, 0.15) is 5.03 Å². The smallest absolute Gasteiger partial charge is 0.248 e. The summed E-state index contributed by atoms with van der Waals surface area (Å²) in [5.74, 6) is -6.45. The Balaban J connectivity index is 2.42. The summed E-state index contributed by atoms with van der Waals surface area (Å²) in [6.45, 7) is 0. The van der Waals surface area contributed by atoms with Gasteiger partial charge in [0.25, 0.3) is 11.9 Å². The fourth-order valence-electron chi connectivity index (χ4n) is 1.08. The lowest BCUT2D eigenvalue weighted by atomic mass is 10.4. The molecule has 0 radical (unpaired) electrons. The van der Waals surface area contributed by atoms with E-state index >= 15 is 0 Å². The SMILES string of the molecule is Fc1nc(F)c(F)c(Sc2ccc(Br)cn2)c1F. The van der Waals surface area contributed by atoms with Crippen molar-refractivity contribution in [3.05, 3.63) is 46.3 Å². The molecule has 8 heteroatoms. The maximum Gasteiger partial charge on any atom is 0.252 e. The second-order valence-corrected chi connectivity index (χ2v) is 5.01. The minimum absolute atomic E-state index is 0.195. The highest BCUT2D eigenvalue weighted by molar-refractivity contribution is 9.10. The third kappa shape index (κ3) is 2.64. The molecule has 0 bridgehead atoms. The van der Waals surface area contributed by atoms with Gasteiger partial charge in [0.2, 0.25) is 0 Å². The zero-order valence-corrected chi connectivity index (χ0v) is 10.8. The van der Waals surface area contributed by atoms with Crippen molar-refractivity contribution < 1.29 is 17.6 Å². The number of hydrogen-bond acceptors (Lipinski definition) is 3. The van der Waals surface area contributed by atoms with Crippen molar-refractivity contribution in [1.29, 1.82) is 0 Å². The largest absolute Gasteiger partial charge is 0.252 e. The first kappa shape index (κ1) is 13.3. The Morgan fingerprint density at radius 1 is 1.00 bits per heavy atom. The van der Waals surface area contributed by atoms with Crippen LogP contribution < -0.4 is 0 Å². The summed E-state index contributed by atoms with van der Waals surface area (Å²) in [5, 5.41) is 0.195. The van der Waals surface area contributed by atoms with Crippen LogP contribution in [0.4, 0.5) is 17.6 Å². The topological polar surface area (TPSA) is 25.8 Å². The van der Waals surface area contributed by atoms with Crippen LogP contribution in [0.5, 0.6) is 0 Å². The van der Waals surface area contributed by atoms with Crippen molar-refractivity contribution in [1.82, 2.24) is 9.97 Å². The summed E-state index contributed by atoms with van der Waals surface area (Å²) < 4.78 is 53.0. The van der Waals surface area contributed by atoms with Gasteiger partial charge >= 0.3 is 0 Å². The first-order valence-corrected chi connectivity index (χ1v) is 6.09. The van der Waals surface area contributed by atoms with E-state index in [0.717, 1.165) is 0 Å².